The fourth-order valence-electron chi connectivity index (χ4n) is 3.37. The fraction of sp³-hybridized carbons (Fsp3) is 0.933. The second kappa shape index (κ2) is 6.11. The highest BCUT2D eigenvalue weighted by Gasteiger charge is 2.61. The zero-order chi connectivity index (χ0) is 15.8. The van der Waals surface area contributed by atoms with Gasteiger partial charge in [0.1, 0.15) is 13.3 Å². The fourth-order valence-corrected chi connectivity index (χ4v) is 3.37. The summed E-state index contributed by atoms with van der Waals surface area (Å²) >= 11 is 0. The number of nitrogens with zero attached hydrogens (tertiary/aromatic N) is 3. The summed E-state index contributed by atoms with van der Waals surface area (Å²) in [6, 6.07) is 0.511. The van der Waals surface area contributed by atoms with E-state index in [1.807, 2.05) is 7.05 Å². The second-order valence-electron chi connectivity index (χ2n) is 6.73. The molecule has 3 heterocycles. The number of rotatable bonds is 4. The molecule has 7 heteroatoms. The van der Waals surface area contributed by atoms with E-state index in [0.29, 0.717) is 12.6 Å². The molecule has 2 saturated heterocycles. The molecule has 4 unspecified atom stereocenters. The Hall–Kier alpha value is -0.630. The average molecular weight is 316 g/mol. The highest BCUT2D eigenvalue weighted by Crippen LogP contribution is 2.42. The maximum atomic E-state index is 14.3. The van der Waals surface area contributed by atoms with Crippen molar-refractivity contribution in [3.8, 4) is 0 Å². The van der Waals surface area contributed by atoms with Crippen LogP contribution in [0.3, 0.4) is 0 Å². The lowest BCUT2D eigenvalue weighted by molar-refractivity contribution is -0.117. The van der Waals surface area contributed by atoms with Gasteiger partial charge in [0.15, 0.2) is 5.67 Å². The van der Waals surface area contributed by atoms with Gasteiger partial charge in [-0.3, -0.25) is 9.74 Å². The quantitative estimate of drug-likeness (QED) is 0.798. The van der Waals surface area contributed by atoms with Crippen LogP contribution in [-0.2, 0) is 4.84 Å². The number of aliphatic imine (C=N–C) groups is 1. The highest BCUT2D eigenvalue weighted by molar-refractivity contribution is 5.94. The minimum absolute atomic E-state index is 0.0473. The van der Waals surface area contributed by atoms with Crippen LogP contribution >= 0.6 is 0 Å². The van der Waals surface area contributed by atoms with Crippen molar-refractivity contribution in [2.75, 3.05) is 40.0 Å². The molecule has 0 radical (unpaired) electrons. The predicted molar refractivity (Wildman–Crippen MR) is 81.2 cm³/mol. The van der Waals surface area contributed by atoms with E-state index in [2.05, 4.69) is 15.2 Å². The number of likely N-dealkylation sites (tertiary alicyclic amines) is 1. The third-order valence-corrected chi connectivity index (χ3v) is 5.07. The van der Waals surface area contributed by atoms with Gasteiger partial charge in [0.2, 0.25) is 5.79 Å². The summed E-state index contributed by atoms with van der Waals surface area (Å²) in [5, 5.41) is 5.14. The molecule has 0 saturated carbocycles. The van der Waals surface area contributed by atoms with E-state index in [9.17, 15) is 8.78 Å². The Labute approximate surface area is 130 Å². The van der Waals surface area contributed by atoms with Gasteiger partial charge >= 0.3 is 0 Å². The zero-order valence-electron chi connectivity index (χ0n) is 13.4. The van der Waals surface area contributed by atoms with Crippen LogP contribution in [-0.4, -0.2) is 73.1 Å². The lowest BCUT2D eigenvalue weighted by Gasteiger charge is -2.36. The van der Waals surface area contributed by atoms with Gasteiger partial charge in [-0.05, 0) is 33.2 Å². The number of nitrogens with one attached hydrogen (secondary N) is 1. The molecule has 22 heavy (non-hydrogen) atoms. The first-order chi connectivity index (χ1) is 10.5. The molecule has 5 nitrogen and oxygen atoms in total. The predicted octanol–water partition coefficient (Wildman–Crippen LogP) is 1.50. The van der Waals surface area contributed by atoms with E-state index < -0.39 is 18.1 Å². The molecule has 0 amide bonds. The summed E-state index contributed by atoms with van der Waals surface area (Å²) in [5.41, 5.74) is -1.84. The molecule has 0 bridgehead atoms. The Morgan fingerprint density at radius 2 is 2.23 bits per heavy atom. The third-order valence-electron chi connectivity index (χ3n) is 5.07. The Bertz CT molecular complexity index is 445. The van der Waals surface area contributed by atoms with Crippen LogP contribution in [0.2, 0.25) is 0 Å². The Balaban J connectivity index is 1.76. The van der Waals surface area contributed by atoms with Crippen molar-refractivity contribution < 1.29 is 13.6 Å². The first-order valence-electron chi connectivity index (χ1n) is 8.19. The van der Waals surface area contributed by atoms with Gasteiger partial charge in [0.05, 0.1) is 12.3 Å². The van der Waals surface area contributed by atoms with Gasteiger partial charge in [-0.25, -0.2) is 13.8 Å². The van der Waals surface area contributed by atoms with Crippen LogP contribution in [0.4, 0.5) is 8.78 Å². The zero-order valence-corrected chi connectivity index (χ0v) is 13.4. The van der Waals surface area contributed by atoms with Crippen LogP contribution in [0.15, 0.2) is 4.99 Å². The van der Waals surface area contributed by atoms with Crippen LogP contribution in [0.1, 0.15) is 32.6 Å². The SMILES string of the molecule is CNC1CCCCN(C23CN2OCC(C(C)(F)CF)=N3)CC1. The minimum Gasteiger partial charge on any atom is -0.317 e. The summed E-state index contributed by atoms with van der Waals surface area (Å²) in [4.78, 5) is 12.4. The van der Waals surface area contributed by atoms with Crippen molar-refractivity contribution >= 4 is 5.71 Å². The van der Waals surface area contributed by atoms with Crippen molar-refractivity contribution in [2.24, 2.45) is 4.99 Å². The number of hydroxylamine groups is 2. The van der Waals surface area contributed by atoms with E-state index in [1.54, 1.807) is 5.06 Å². The maximum Gasteiger partial charge on any atom is 0.206 e. The topological polar surface area (TPSA) is 39.9 Å². The molecule has 3 aliphatic heterocycles. The van der Waals surface area contributed by atoms with Crippen LogP contribution in [0, 0.1) is 0 Å². The van der Waals surface area contributed by atoms with E-state index in [1.165, 1.54) is 19.8 Å². The molecule has 0 aliphatic carbocycles. The van der Waals surface area contributed by atoms with Crippen LogP contribution < -0.4 is 5.32 Å². The summed E-state index contributed by atoms with van der Waals surface area (Å²) in [6.45, 7) is 2.68. The summed E-state index contributed by atoms with van der Waals surface area (Å²) in [7, 11) is 1.99. The summed E-state index contributed by atoms with van der Waals surface area (Å²) in [5.74, 6) is -0.592. The normalized spacial score (nSPS) is 39.2. The van der Waals surface area contributed by atoms with Crippen molar-refractivity contribution in [1.29, 1.82) is 0 Å². The smallest absolute Gasteiger partial charge is 0.206 e. The largest absolute Gasteiger partial charge is 0.317 e. The molecular weight excluding hydrogens is 290 g/mol. The van der Waals surface area contributed by atoms with Gasteiger partial charge in [-0.15, -0.1) is 5.06 Å². The molecule has 4 atom stereocenters. The van der Waals surface area contributed by atoms with Gasteiger partial charge in [-0.2, -0.15) is 0 Å². The molecule has 3 rings (SSSR count). The number of alkyl halides is 2. The molecular formula is C15H26F2N4O. The minimum atomic E-state index is -2.03. The van der Waals surface area contributed by atoms with Gasteiger partial charge in [0.25, 0.3) is 0 Å². The second-order valence-corrected chi connectivity index (χ2v) is 6.73. The van der Waals surface area contributed by atoms with Crippen molar-refractivity contribution in [2.45, 2.75) is 50.1 Å². The lowest BCUT2D eigenvalue weighted by atomic mass is 10.0. The molecule has 3 aliphatic rings. The maximum absolute atomic E-state index is 14.3. The highest BCUT2D eigenvalue weighted by atomic mass is 19.2. The molecule has 2 fully saturated rings. The molecule has 1 N–H and O–H groups in total. The first kappa shape index (κ1) is 16.2. The number of halogens is 2. The lowest BCUT2D eigenvalue weighted by Crippen LogP contribution is -2.50. The van der Waals surface area contributed by atoms with Crippen LogP contribution in [0.5, 0.6) is 0 Å². The van der Waals surface area contributed by atoms with E-state index >= 15 is 0 Å². The van der Waals surface area contributed by atoms with Crippen molar-refractivity contribution in [3.63, 3.8) is 0 Å². The van der Waals surface area contributed by atoms with Gasteiger partial charge in [0, 0.05) is 19.1 Å². The first-order valence-corrected chi connectivity index (χ1v) is 8.19. The Kier molecular flexibility index (Phi) is 4.51. The Morgan fingerprint density at radius 1 is 1.41 bits per heavy atom. The number of hydrogen-bond acceptors (Lipinski definition) is 5. The van der Waals surface area contributed by atoms with E-state index in [4.69, 9.17) is 4.84 Å². The molecule has 0 aromatic heterocycles. The summed E-state index contributed by atoms with van der Waals surface area (Å²) < 4.78 is 27.2. The van der Waals surface area contributed by atoms with E-state index in [-0.39, 0.29) is 12.3 Å². The standard InChI is InChI=1S/C15H26F2N4O/c1-14(17,10-16)13-9-22-21-11-15(21,19-13)20-7-4-3-5-12(18-2)6-8-20/h12,18H,3-11H2,1-2H3. The molecule has 126 valence electrons. The van der Waals surface area contributed by atoms with E-state index in [0.717, 1.165) is 25.9 Å². The molecule has 0 aromatic carbocycles. The van der Waals surface area contributed by atoms with Gasteiger partial charge < -0.3 is 5.32 Å². The third kappa shape index (κ3) is 2.91. The van der Waals surface area contributed by atoms with Crippen molar-refractivity contribution in [1.82, 2.24) is 15.3 Å². The van der Waals surface area contributed by atoms with Crippen LogP contribution in [0.25, 0.3) is 0 Å². The average Bonchev–Trinajstić information content (AvgIpc) is 3.22. The number of hydrogen-bond donors (Lipinski definition) is 1. The number of fused-ring (bicyclic) bond motifs is 1. The molecule has 0 aromatic rings. The molecule has 0 spiro atoms. The van der Waals surface area contributed by atoms with Gasteiger partial charge in [-0.1, -0.05) is 6.42 Å². The monoisotopic (exact) mass is 316 g/mol. The summed E-state index contributed by atoms with van der Waals surface area (Å²) in [6.07, 6.45) is 4.48. The Morgan fingerprint density at radius 3 is 2.95 bits per heavy atom. The van der Waals surface area contributed by atoms with Crippen molar-refractivity contribution in [3.05, 3.63) is 0 Å².